The fourth-order valence-corrected chi connectivity index (χ4v) is 2.63. The Bertz CT molecular complexity index is 910. The lowest BCUT2D eigenvalue weighted by molar-refractivity contribution is -0.120. The van der Waals surface area contributed by atoms with Crippen LogP contribution >= 0.6 is 0 Å². The van der Waals surface area contributed by atoms with E-state index in [1.54, 1.807) is 0 Å². The Morgan fingerprint density at radius 3 is 2.62 bits per heavy atom. The second-order valence-electron chi connectivity index (χ2n) is 5.67. The first-order chi connectivity index (χ1) is 11.6. The van der Waals surface area contributed by atoms with Crippen molar-refractivity contribution in [2.45, 2.75) is 13.3 Å². The van der Waals surface area contributed by atoms with E-state index in [1.165, 1.54) is 0 Å². The molecule has 0 unspecified atom stereocenters. The molecule has 0 saturated carbocycles. The summed E-state index contributed by atoms with van der Waals surface area (Å²) < 4.78 is 0. The normalized spacial score (nSPS) is 11.5. The van der Waals surface area contributed by atoms with Gasteiger partial charge in [0.15, 0.2) is 0 Å². The van der Waals surface area contributed by atoms with Crippen LogP contribution in [0.2, 0.25) is 0 Å². The molecule has 3 N–H and O–H groups in total. The number of carbonyl (C=O) groups excluding carboxylic acids is 1. The van der Waals surface area contributed by atoms with Crippen LogP contribution in [0.4, 0.5) is 5.69 Å². The van der Waals surface area contributed by atoms with E-state index >= 15 is 0 Å². The van der Waals surface area contributed by atoms with E-state index in [-0.39, 0.29) is 12.3 Å². The molecule has 3 aromatic rings. The van der Waals surface area contributed by atoms with E-state index < -0.39 is 0 Å². The van der Waals surface area contributed by atoms with Gasteiger partial charge in [0, 0.05) is 5.69 Å². The van der Waals surface area contributed by atoms with Gasteiger partial charge in [-0.15, -0.1) is 0 Å². The third kappa shape index (κ3) is 3.60. The van der Waals surface area contributed by atoms with Gasteiger partial charge in [0.05, 0.1) is 12.1 Å². The first-order valence-electron chi connectivity index (χ1n) is 7.79. The van der Waals surface area contributed by atoms with Crippen LogP contribution in [0.15, 0.2) is 71.8 Å². The molecule has 0 fully saturated rings. The van der Waals surface area contributed by atoms with E-state index in [0.29, 0.717) is 11.4 Å². The number of anilines is 1. The fourth-order valence-electron chi connectivity index (χ4n) is 2.63. The molecule has 0 aromatic heterocycles. The van der Waals surface area contributed by atoms with Gasteiger partial charge in [-0.1, -0.05) is 54.6 Å². The highest BCUT2D eigenvalue weighted by Crippen LogP contribution is 2.18. The number of rotatable bonds is 4. The van der Waals surface area contributed by atoms with Gasteiger partial charge >= 0.3 is 0 Å². The summed E-state index contributed by atoms with van der Waals surface area (Å²) in [5.74, 6) is -0.144. The number of fused-ring (bicyclic) bond motifs is 1. The van der Waals surface area contributed by atoms with Crippen molar-refractivity contribution in [2.24, 2.45) is 5.10 Å². The van der Waals surface area contributed by atoms with Crippen molar-refractivity contribution in [1.82, 2.24) is 5.43 Å². The summed E-state index contributed by atoms with van der Waals surface area (Å²) in [7, 11) is 0. The maximum atomic E-state index is 12.2. The molecule has 1 amide bonds. The van der Waals surface area contributed by atoms with Gasteiger partial charge in [0.25, 0.3) is 0 Å². The molecule has 4 nitrogen and oxygen atoms in total. The Hall–Kier alpha value is -3.14. The fraction of sp³-hybridized carbons (Fsp3) is 0.100. The molecule has 120 valence electrons. The van der Waals surface area contributed by atoms with Gasteiger partial charge in [0.2, 0.25) is 5.91 Å². The Kier molecular flexibility index (Phi) is 4.57. The SMILES string of the molecule is C/C(=N\NC(=O)Cc1cccc2ccccc12)c1cccc(N)c1. The Labute approximate surface area is 141 Å². The van der Waals surface area contributed by atoms with E-state index in [9.17, 15) is 4.79 Å². The number of amides is 1. The quantitative estimate of drug-likeness (QED) is 0.439. The van der Waals surface area contributed by atoms with Crippen LogP contribution in [-0.2, 0) is 11.2 Å². The van der Waals surface area contributed by atoms with Crippen LogP contribution in [0, 0.1) is 0 Å². The van der Waals surface area contributed by atoms with E-state index in [1.807, 2.05) is 73.7 Å². The summed E-state index contributed by atoms with van der Waals surface area (Å²) in [5, 5.41) is 6.39. The topological polar surface area (TPSA) is 67.5 Å². The van der Waals surface area contributed by atoms with Crippen molar-refractivity contribution in [2.75, 3.05) is 5.73 Å². The number of hydrazone groups is 1. The largest absolute Gasteiger partial charge is 0.399 e. The number of hydrogen-bond acceptors (Lipinski definition) is 3. The van der Waals surface area contributed by atoms with Crippen molar-refractivity contribution >= 4 is 28.1 Å². The maximum absolute atomic E-state index is 12.2. The lowest BCUT2D eigenvalue weighted by atomic mass is 10.0. The molecule has 3 aromatic carbocycles. The van der Waals surface area contributed by atoms with E-state index in [2.05, 4.69) is 10.5 Å². The van der Waals surface area contributed by atoms with Crippen LogP contribution < -0.4 is 11.2 Å². The molecular formula is C20H19N3O. The summed E-state index contributed by atoms with van der Waals surface area (Å²) in [6.45, 7) is 1.84. The Morgan fingerprint density at radius 1 is 1.04 bits per heavy atom. The maximum Gasteiger partial charge on any atom is 0.244 e. The van der Waals surface area contributed by atoms with Crippen LogP contribution in [0.1, 0.15) is 18.1 Å². The molecule has 0 aliphatic carbocycles. The number of nitrogens with one attached hydrogen (secondary N) is 1. The number of nitrogen functional groups attached to an aromatic ring is 1. The van der Waals surface area contributed by atoms with Gasteiger partial charge in [-0.2, -0.15) is 5.10 Å². The number of nitrogens with two attached hydrogens (primary N) is 1. The predicted octanol–water partition coefficient (Wildman–Crippen LogP) is 3.50. The zero-order valence-corrected chi connectivity index (χ0v) is 13.5. The lowest BCUT2D eigenvalue weighted by Crippen LogP contribution is -2.21. The second-order valence-corrected chi connectivity index (χ2v) is 5.67. The van der Waals surface area contributed by atoms with Gasteiger partial charge in [-0.25, -0.2) is 5.43 Å². The van der Waals surface area contributed by atoms with Crippen LogP contribution in [-0.4, -0.2) is 11.6 Å². The number of carbonyl (C=O) groups is 1. The predicted molar refractivity (Wildman–Crippen MR) is 98.9 cm³/mol. The zero-order chi connectivity index (χ0) is 16.9. The molecule has 24 heavy (non-hydrogen) atoms. The monoisotopic (exact) mass is 317 g/mol. The lowest BCUT2D eigenvalue weighted by Gasteiger charge is -2.06. The van der Waals surface area contributed by atoms with Crippen molar-refractivity contribution in [3.63, 3.8) is 0 Å². The molecule has 0 saturated heterocycles. The van der Waals surface area contributed by atoms with Crippen molar-refractivity contribution < 1.29 is 4.79 Å². The van der Waals surface area contributed by atoms with Crippen LogP contribution in [0.25, 0.3) is 10.8 Å². The first kappa shape index (κ1) is 15.7. The second kappa shape index (κ2) is 6.96. The third-order valence-corrected chi connectivity index (χ3v) is 3.88. The molecule has 0 spiro atoms. The van der Waals surface area contributed by atoms with Gasteiger partial charge < -0.3 is 5.73 Å². The van der Waals surface area contributed by atoms with E-state index in [0.717, 1.165) is 21.9 Å². The van der Waals surface area contributed by atoms with Crippen LogP contribution in [0.5, 0.6) is 0 Å². The smallest absolute Gasteiger partial charge is 0.244 e. The number of nitrogens with zero attached hydrogens (tertiary/aromatic N) is 1. The van der Waals surface area contributed by atoms with Gasteiger partial charge in [-0.05, 0) is 41.0 Å². The average Bonchev–Trinajstić information content (AvgIpc) is 2.60. The highest BCUT2D eigenvalue weighted by molar-refractivity contribution is 6.00. The number of hydrogen-bond donors (Lipinski definition) is 2. The summed E-state index contributed by atoms with van der Waals surface area (Å²) >= 11 is 0. The molecule has 0 radical (unpaired) electrons. The standard InChI is InChI=1S/C20H19N3O/c1-14(16-8-5-10-18(21)12-16)22-23-20(24)13-17-9-4-7-15-6-2-3-11-19(15)17/h2-12H,13,21H2,1H3,(H,23,24)/b22-14+. The zero-order valence-electron chi connectivity index (χ0n) is 13.5. The molecule has 3 rings (SSSR count). The summed E-state index contributed by atoms with van der Waals surface area (Å²) in [6, 6.07) is 21.4. The van der Waals surface area contributed by atoms with Crippen molar-refractivity contribution in [3.8, 4) is 0 Å². The van der Waals surface area contributed by atoms with E-state index in [4.69, 9.17) is 5.73 Å². The molecule has 0 aliphatic rings. The highest BCUT2D eigenvalue weighted by atomic mass is 16.2. The van der Waals surface area contributed by atoms with Gasteiger partial charge in [-0.3, -0.25) is 4.79 Å². The summed E-state index contributed by atoms with van der Waals surface area (Å²) in [6.07, 6.45) is 0.287. The minimum absolute atomic E-state index is 0.144. The molecule has 4 heteroatoms. The van der Waals surface area contributed by atoms with Gasteiger partial charge in [0.1, 0.15) is 0 Å². The highest BCUT2D eigenvalue weighted by Gasteiger charge is 2.06. The molecule has 0 aliphatic heterocycles. The number of benzene rings is 3. The Balaban J connectivity index is 1.72. The minimum atomic E-state index is -0.144. The average molecular weight is 317 g/mol. The molecule has 0 bridgehead atoms. The van der Waals surface area contributed by atoms with Crippen molar-refractivity contribution in [1.29, 1.82) is 0 Å². The summed E-state index contributed by atoms with van der Waals surface area (Å²) in [5.41, 5.74) is 11.7. The Morgan fingerprint density at radius 2 is 1.79 bits per heavy atom. The molecule has 0 atom stereocenters. The van der Waals surface area contributed by atoms with Crippen LogP contribution in [0.3, 0.4) is 0 Å². The van der Waals surface area contributed by atoms with Crippen molar-refractivity contribution in [3.05, 3.63) is 77.9 Å². The summed E-state index contributed by atoms with van der Waals surface area (Å²) in [4.78, 5) is 12.2. The molecule has 0 heterocycles. The molecular weight excluding hydrogens is 298 g/mol. The first-order valence-corrected chi connectivity index (χ1v) is 7.79. The minimum Gasteiger partial charge on any atom is -0.399 e. The third-order valence-electron chi connectivity index (χ3n) is 3.88.